The van der Waals surface area contributed by atoms with E-state index < -0.39 is 11.1 Å². The van der Waals surface area contributed by atoms with Crippen molar-refractivity contribution >= 4 is 29.3 Å². The number of amides is 1. The Balaban J connectivity index is 0.00000242. The van der Waals surface area contributed by atoms with Crippen LogP contribution in [0.25, 0.3) is 11.0 Å². The molecule has 7 nitrogen and oxygen atoms in total. The van der Waals surface area contributed by atoms with E-state index in [1.807, 2.05) is 0 Å². The molecule has 1 amide bonds. The molecular formula is C14H19ClN4O3. The van der Waals surface area contributed by atoms with Gasteiger partial charge in [0.1, 0.15) is 0 Å². The predicted molar refractivity (Wildman–Crippen MR) is 88.0 cm³/mol. The van der Waals surface area contributed by atoms with Crippen LogP contribution in [-0.4, -0.2) is 35.6 Å². The van der Waals surface area contributed by atoms with Crippen molar-refractivity contribution < 1.29 is 4.79 Å². The lowest BCUT2D eigenvalue weighted by Crippen LogP contribution is -2.36. The van der Waals surface area contributed by atoms with E-state index in [0.717, 1.165) is 0 Å². The Labute approximate surface area is 133 Å². The van der Waals surface area contributed by atoms with Crippen LogP contribution in [0.4, 0.5) is 0 Å². The average Bonchev–Trinajstić information content (AvgIpc) is 2.48. The van der Waals surface area contributed by atoms with E-state index in [2.05, 4.69) is 15.6 Å². The molecule has 0 saturated carbocycles. The first kappa shape index (κ1) is 17.9. The van der Waals surface area contributed by atoms with Gasteiger partial charge < -0.3 is 20.2 Å². The Hall–Kier alpha value is -2.12. The highest BCUT2D eigenvalue weighted by atomic mass is 35.5. The molecule has 1 aromatic heterocycles. The summed E-state index contributed by atoms with van der Waals surface area (Å²) in [6, 6.07) is 4.89. The molecule has 0 bridgehead atoms. The number of H-pyrrole nitrogens is 1. The predicted octanol–water partition coefficient (Wildman–Crippen LogP) is 0.0807. The third kappa shape index (κ3) is 3.55. The molecule has 1 heterocycles. The van der Waals surface area contributed by atoms with E-state index >= 15 is 0 Å². The molecule has 0 aliphatic carbocycles. The Bertz CT molecular complexity index is 782. The maximum absolute atomic E-state index is 12.0. The van der Waals surface area contributed by atoms with E-state index in [1.54, 1.807) is 32.2 Å². The summed E-state index contributed by atoms with van der Waals surface area (Å²) >= 11 is 0. The number of carbonyl (C=O) groups is 1. The summed E-state index contributed by atoms with van der Waals surface area (Å²) in [5.41, 5.74) is 0.250. The van der Waals surface area contributed by atoms with Crippen LogP contribution in [-0.2, 0) is 6.54 Å². The fourth-order valence-electron chi connectivity index (χ4n) is 2.14. The monoisotopic (exact) mass is 326 g/mol. The molecule has 0 radical (unpaired) electrons. The van der Waals surface area contributed by atoms with Crippen LogP contribution in [0.5, 0.6) is 0 Å². The molecule has 2 rings (SSSR count). The zero-order valence-electron chi connectivity index (χ0n) is 12.4. The van der Waals surface area contributed by atoms with E-state index in [0.29, 0.717) is 36.2 Å². The number of nitrogens with zero attached hydrogens (tertiary/aromatic N) is 1. The zero-order valence-corrected chi connectivity index (χ0v) is 13.3. The fourth-order valence-corrected chi connectivity index (χ4v) is 2.14. The Morgan fingerprint density at radius 3 is 2.64 bits per heavy atom. The Morgan fingerprint density at radius 1 is 1.27 bits per heavy atom. The van der Waals surface area contributed by atoms with Crippen molar-refractivity contribution in [3.05, 3.63) is 44.5 Å². The number of nitrogens with one attached hydrogen (secondary N) is 3. The van der Waals surface area contributed by atoms with Crippen molar-refractivity contribution in [1.29, 1.82) is 0 Å². The number of hydrogen-bond donors (Lipinski definition) is 3. The number of benzene rings is 1. The van der Waals surface area contributed by atoms with Gasteiger partial charge in [-0.2, -0.15) is 0 Å². The molecular weight excluding hydrogens is 308 g/mol. The summed E-state index contributed by atoms with van der Waals surface area (Å²) < 4.78 is 1.39. The second kappa shape index (κ2) is 7.77. The summed E-state index contributed by atoms with van der Waals surface area (Å²) in [6.45, 7) is 3.37. The number of fused-ring (bicyclic) bond motifs is 1. The number of halogens is 1. The number of likely N-dealkylation sites (N-methyl/N-ethyl adjacent to an activating group) is 1. The van der Waals surface area contributed by atoms with E-state index in [-0.39, 0.29) is 18.3 Å². The Kier molecular flexibility index (Phi) is 6.33. The van der Waals surface area contributed by atoms with Gasteiger partial charge in [-0.1, -0.05) is 0 Å². The van der Waals surface area contributed by atoms with E-state index in [9.17, 15) is 14.4 Å². The maximum Gasteiger partial charge on any atom is 0.316 e. The first-order valence-corrected chi connectivity index (χ1v) is 6.78. The van der Waals surface area contributed by atoms with Crippen LogP contribution in [0.1, 0.15) is 17.3 Å². The fraction of sp³-hybridized carbons (Fsp3) is 0.357. The molecule has 8 heteroatoms. The van der Waals surface area contributed by atoms with Gasteiger partial charge in [0.05, 0.1) is 11.0 Å². The summed E-state index contributed by atoms with van der Waals surface area (Å²) in [4.78, 5) is 37.8. The summed E-state index contributed by atoms with van der Waals surface area (Å²) in [7, 11) is 1.80. The van der Waals surface area contributed by atoms with Crippen LogP contribution in [0.15, 0.2) is 27.8 Å². The van der Waals surface area contributed by atoms with Gasteiger partial charge in [0.15, 0.2) is 0 Å². The highest BCUT2D eigenvalue weighted by Crippen LogP contribution is 2.11. The number of carbonyl (C=O) groups excluding carboxylic acids is 1. The molecule has 3 N–H and O–H groups in total. The summed E-state index contributed by atoms with van der Waals surface area (Å²) in [6.07, 6.45) is 0. The third-order valence-electron chi connectivity index (χ3n) is 3.21. The molecule has 0 spiro atoms. The summed E-state index contributed by atoms with van der Waals surface area (Å²) in [5.74, 6) is -0.220. The van der Waals surface area contributed by atoms with Gasteiger partial charge in [0, 0.05) is 25.2 Å². The number of aryl methyl sites for hydroxylation is 1. The van der Waals surface area contributed by atoms with Crippen LogP contribution in [0.2, 0.25) is 0 Å². The van der Waals surface area contributed by atoms with Crippen LogP contribution < -0.4 is 21.8 Å². The van der Waals surface area contributed by atoms with E-state index in [1.165, 1.54) is 4.57 Å². The smallest absolute Gasteiger partial charge is 0.316 e. The first-order chi connectivity index (χ1) is 10.1. The van der Waals surface area contributed by atoms with Gasteiger partial charge in [-0.25, -0.2) is 0 Å². The normalized spacial score (nSPS) is 10.3. The maximum atomic E-state index is 12.0. The molecule has 120 valence electrons. The number of aromatic nitrogens is 2. The van der Waals surface area contributed by atoms with Gasteiger partial charge in [0.2, 0.25) is 0 Å². The molecule has 0 fully saturated rings. The summed E-state index contributed by atoms with van der Waals surface area (Å²) in [5, 5.41) is 5.69. The van der Waals surface area contributed by atoms with Gasteiger partial charge in [0.25, 0.3) is 5.91 Å². The minimum atomic E-state index is -0.683. The average molecular weight is 327 g/mol. The standard InChI is InChI=1S/C14H18N4O3.ClH/c1-3-18-11-5-4-9(12(19)16-7-6-15-2)8-10(11)17-13(20)14(18)21;/h4-5,8,15H,3,6-7H2,1-2H3,(H,16,19)(H,17,20);1H. The van der Waals surface area contributed by atoms with Crippen molar-refractivity contribution in [3.8, 4) is 0 Å². The lowest BCUT2D eigenvalue weighted by molar-refractivity contribution is 0.0954. The van der Waals surface area contributed by atoms with Crippen molar-refractivity contribution in [2.75, 3.05) is 20.1 Å². The quantitative estimate of drug-likeness (QED) is 0.535. The number of aromatic amines is 1. The first-order valence-electron chi connectivity index (χ1n) is 6.78. The highest BCUT2D eigenvalue weighted by Gasteiger charge is 2.10. The molecule has 0 atom stereocenters. The third-order valence-corrected chi connectivity index (χ3v) is 3.21. The zero-order chi connectivity index (χ0) is 15.4. The van der Waals surface area contributed by atoms with Crippen LogP contribution >= 0.6 is 12.4 Å². The molecule has 22 heavy (non-hydrogen) atoms. The minimum absolute atomic E-state index is 0. The highest BCUT2D eigenvalue weighted by molar-refractivity contribution is 5.97. The molecule has 0 unspecified atom stereocenters. The van der Waals surface area contributed by atoms with Crippen LogP contribution in [0.3, 0.4) is 0 Å². The molecule has 0 aliphatic heterocycles. The Morgan fingerprint density at radius 2 is 2.00 bits per heavy atom. The number of hydrogen-bond acceptors (Lipinski definition) is 4. The molecule has 1 aromatic carbocycles. The SMILES string of the molecule is CCn1c(=O)c(=O)[nH]c2cc(C(=O)NCCNC)ccc21.Cl. The van der Waals surface area contributed by atoms with Gasteiger partial charge in [-0.15, -0.1) is 12.4 Å². The topological polar surface area (TPSA) is 96.0 Å². The largest absolute Gasteiger partial charge is 0.351 e. The van der Waals surface area contributed by atoms with Gasteiger partial charge in [-0.05, 0) is 32.2 Å². The molecule has 0 aliphatic rings. The lowest BCUT2D eigenvalue weighted by Gasteiger charge is -2.09. The second-order valence-corrected chi connectivity index (χ2v) is 4.59. The molecule has 0 saturated heterocycles. The molecule has 2 aromatic rings. The van der Waals surface area contributed by atoms with Crippen molar-refractivity contribution in [1.82, 2.24) is 20.2 Å². The lowest BCUT2D eigenvalue weighted by atomic mass is 10.1. The van der Waals surface area contributed by atoms with Crippen molar-refractivity contribution in [3.63, 3.8) is 0 Å². The van der Waals surface area contributed by atoms with E-state index in [4.69, 9.17) is 0 Å². The van der Waals surface area contributed by atoms with Gasteiger partial charge >= 0.3 is 11.1 Å². The number of rotatable bonds is 5. The van der Waals surface area contributed by atoms with Crippen molar-refractivity contribution in [2.24, 2.45) is 0 Å². The minimum Gasteiger partial charge on any atom is -0.351 e. The van der Waals surface area contributed by atoms with Crippen molar-refractivity contribution in [2.45, 2.75) is 13.5 Å². The van der Waals surface area contributed by atoms with Gasteiger partial charge in [-0.3, -0.25) is 14.4 Å². The second-order valence-electron chi connectivity index (χ2n) is 4.59. The van der Waals surface area contributed by atoms with Crippen LogP contribution in [0, 0.1) is 0 Å².